The Morgan fingerprint density at radius 2 is 1.68 bits per heavy atom. The van der Waals surface area contributed by atoms with E-state index in [0.29, 0.717) is 28.1 Å². The number of hydrogen-bond acceptors (Lipinski definition) is 4. The summed E-state index contributed by atoms with van der Waals surface area (Å²) < 4.78 is 0. The molecule has 2 N–H and O–H groups in total. The molecule has 1 amide bonds. The van der Waals surface area contributed by atoms with E-state index in [-0.39, 0.29) is 11.6 Å². The first-order chi connectivity index (χ1) is 12.1. The molecule has 0 saturated carbocycles. The van der Waals surface area contributed by atoms with Crippen molar-refractivity contribution >= 4 is 40.6 Å². The summed E-state index contributed by atoms with van der Waals surface area (Å²) in [6.45, 7) is 0.519. The molecule has 3 rings (SSSR count). The summed E-state index contributed by atoms with van der Waals surface area (Å²) in [6.07, 6.45) is 0. The van der Waals surface area contributed by atoms with Crippen molar-refractivity contribution in [2.75, 3.05) is 10.6 Å². The molecule has 3 aromatic rings. The van der Waals surface area contributed by atoms with E-state index >= 15 is 0 Å². The predicted octanol–water partition coefficient (Wildman–Crippen LogP) is 4.65. The van der Waals surface area contributed by atoms with Crippen molar-refractivity contribution in [1.29, 1.82) is 0 Å². The van der Waals surface area contributed by atoms with E-state index in [9.17, 15) is 4.79 Å². The van der Waals surface area contributed by atoms with Crippen molar-refractivity contribution in [3.63, 3.8) is 0 Å². The second-order valence-corrected chi connectivity index (χ2v) is 6.05. The van der Waals surface area contributed by atoms with E-state index in [2.05, 4.69) is 20.8 Å². The molecule has 7 heteroatoms. The third-order valence-corrected chi connectivity index (χ3v) is 4.04. The average Bonchev–Trinajstić information content (AvgIpc) is 2.63. The van der Waals surface area contributed by atoms with Crippen LogP contribution in [0.3, 0.4) is 0 Å². The molecule has 0 atom stereocenters. The van der Waals surface area contributed by atoms with Gasteiger partial charge in [0.25, 0.3) is 5.91 Å². The van der Waals surface area contributed by atoms with Crippen LogP contribution < -0.4 is 10.6 Å². The lowest BCUT2D eigenvalue weighted by atomic mass is 10.2. The topological polar surface area (TPSA) is 66.9 Å². The molecule has 0 aliphatic carbocycles. The molecule has 5 nitrogen and oxygen atoms in total. The van der Waals surface area contributed by atoms with Crippen LogP contribution >= 0.6 is 23.2 Å². The lowest BCUT2D eigenvalue weighted by Gasteiger charge is -2.08. The van der Waals surface area contributed by atoms with Crippen molar-refractivity contribution in [3.8, 4) is 0 Å². The van der Waals surface area contributed by atoms with Crippen LogP contribution in [0.1, 0.15) is 16.1 Å². The summed E-state index contributed by atoms with van der Waals surface area (Å²) in [7, 11) is 0. The number of carbonyl (C=O) groups is 1. The van der Waals surface area contributed by atoms with Gasteiger partial charge in [-0.05, 0) is 48.0 Å². The average molecular weight is 373 g/mol. The largest absolute Gasteiger partial charge is 0.364 e. The van der Waals surface area contributed by atoms with Gasteiger partial charge in [-0.3, -0.25) is 4.79 Å². The molecule has 0 radical (unpaired) electrons. The molecule has 0 saturated heterocycles. The number of anilines is 2. The summed E-state index contributed by atoms with van der Waals surface area (Å²) in [4.78, 5) is 12.1. The van der Waals surface area contributed by atoms with Gasteiger partial charge in [0.1, 0.15) is 5.82 Å². The molecule has 0 aliphatic heterocycles. The number of amides is 1. The Kier molecular flexibility index (Phi) is 5.48. The summed E-state index contributed by atoms with van der Waals surface area (Å²) >= 11 is 11.9. The highest BCUT2D eigenvalue weighted by Crippen LogP contribution is 2.17. The van der Waals surface area contributed by atoms with Crippen LogP contribution in [0, 0.1) is 0 Å². The SMILES string of the molecule is O=C(Nc1ccc(Cl)cc1)c1ccc(NCc2ccccc2Cl)nn1. The molecule has 0 spiro atoms. The van der Waals surface area contributed by atoms with E-state index in [1.165, 1.54) is 0 Å². The monoisotopic (exact) mass is 372 g/mol. The second kappa shape index (κ2) is 7.96. The van der Waals surface area contributed by atoms with Crippen molar-refractivity contribution in [1.82, 2.24) is 10.2 Å². The molecule has 1 heterocycles. The van der Waals surface area contributed by atoms with Crippen molar-refractivity contribution in [2.45, 2.75) is 6.54 Å². The van der Waals surface area contributed by atoms with Crippen LogP contribution in [0.15, 0.2) is 60.7 Å². The standard InChI is InChI=1S/C18H14Cl2N4O/c19-13-5-7-14(8-6-13)22-18(25)16-9-10-17(24-23-16)21-11-12-3-1-2-4-15(12)20/h1-10H,11H2,(H,21,24)(H,22,25). The highest BCUT2D eigenvalue weighted by molar-refractivity contribution is 6.31. The number of carbonyl (C=O) groups excluding carboxylic acids is 1. The fourth-order valence-corrected chi connectivity index (χ4v) is 2.43. The number of hydrogen-bond donors (Lipinski definition) is 2. The fourth-order valence-electron chi connectivity index (χ4n) is 2.10. The number of nitrogens with zero attached hydrogens (tertiary/aromatic N) is 2. The Labute approximate surface area is 155 Å². The van der Waals surface area contributed by atoms with Gasteiger partial charge < -0.3 is 10.6 Å². The molecule has 25 heavy (non-hydrogen) atoms. The van der Waals surface area contributed by atoms with Crippen molar-refractivity contribution < 1.29 is 4.79 Å². The number of nitrogens with one attached hydrogen (secondary N) is 2. The van der Waals surface area contributed by atoms with Crippen LogP contribution in [-0.2, 0) is 6.54 Å². The normalized spacial score (nSPS) is 10.3. The van der Waals surface area contributed by atoms with Gasteiger partial charge in [-0.1, -0.05) is 41.4 Å². The van der Waals surface area contributed by atoms with Gasteiger partial charge in [0, 0.05) is 22.3 Å². The molecule has 0 fully saturated rings. The summed E-state index contributed by atoms with van der Waals surface area (Å²) in [5.74, 6) is 0.218. The molecule has 0 unspecified atom stereocenters. The van der Waals surface area contributed by atoms with E-state index < -0.39 is 0 Å². The zero-order valence-electron chi connectivity index (χ0n) is 13.0. The highest BCUT2D eigenvalue weighted by atomic mass is 35.5. The molecule has 0 aliphatic rings. The van der Waals surface area contributed by atoms with E-state index in [1.807, 2.05) is 24.3 Å². The number of halogens is 2. The Hall–Kier alpha value is -2.63. The number of rotatable bonds is 5. The van der Waals surface area contributed by atoms with Gasteiger partial charge in [-0.25, -0.2) is 0 Å². The molecule has 0 bridgehead atoms. The van der Waals surface area contributed by atoms with Gasteiger partial charge in [0.2, 0.25) is 0 Å². The minimum absolute atomic E-state index is 0.221. The Morgan fingerprint density at radius 1 is 0.920 bits per heavy atom. The Balaban J connectivity index is 1.60. The van der Waals surface area contributed by atoms with Crippen LogP contribution in [0.4, 0.5) is 11.5 Å². The molecule has 126 valence electrons. The predicted molar refractivity (Wildman–Crippen MR) is 100 cm³/mol. The zero-order valence-corrected chi connectivity index (χ0v) is 14.6. The van der Waals surface area contributed by atoms with Gasteiger partial charge in [-0.15, -0.1) is 10.2 Å². The molecular weight excluding hydrogens is 359 g/mol. The smallest absolute Gasteiger partial charge is 0.276 e. The first kappa shape index (κ1) is 17.2. The third kappa shape index (κ3) is 4.68. The van der Waals surface area contributed by atoms with Crippen molar-refractivity contribution in [3.05, 3.63) is 82.0 Å². The summed E-state index contributed by atoms with van der Waals surface area (Å²) in [6, 6.07) is 17.7. The first-order valence-corrected chi connectivity index (χ1v) is 8.25. The van der Waals surface area contributed by atoms with E-state index in [1.54, 1.807) is 36.4 Å². The maximum atomic E-state index is 12.1. The minimum atomic E-state index is -0.340. The maximum absolute atomic E-state index is 12.1. The number of aromatic nitrogens is 2. The van der Waals surface area contributed by atoms with Gasteiger partial charge in [-0.2, -0.15) is 0 Å². The number of benzene rings is 2. The summed E-state index contributed by atoms with van der Waals surface area (Å²) in [5.41, 5.74) is 1.81. The zero-order chi connectivity index (χ0) is 17.6. The Bertz CT molecular complexity index is 867. The highest BCUT2D eigenvalue weighted by Gasteiger charge is 2.09. The lowest BCUT2D eigenvalue weighted by Crippen LogP contribution is -2.14. The third-order valence-electron chi connectivity index (χ3n) is 3.42. The van der Waals surface area contributed by atoms with Crippen LogP contribution in [0.5, 0.6) is 0 Å². The lowest BCUT2D eigenvalue weighted by molar-refractivity contribution is 0.102. The first-order valence-electron chi connectivity index (χ1n) is 7.50. The molecule has 2 aromatic carbocycles. The van der Waals surface area contributed by atoms with Gasteiger partial charge in [0.15, 0.2) is 5.69 Å². The maximum Gasteiger partial charge on any atom is 0.276 e. The van der Waals surface area contributed by atoms with E-state index in [0.717, 1.165) is 5.56 Å². The molecule has 1 aromatic heterocycles. The Morgan fingerprint density at radius 3 is 2.36 bits per heavy atom. The van der Waals surface area contributed by atoms with Gasteiger partial charge in [0.05, 0.1) is 0 Å². The van der Waals surface area contributed by atoms with Crippen LogP contribution in [0.2, 0.25) is 10.0 Å². The van der Waals surface area contributed by atoms with Crippen molar-refractivity contribution in [2.24, 2.45) is 0 Å². The van der Waals surface area contributed by atoms with Crippen LogP contribution in [0.25, 0.3) is 0 Å². The van der Waals surface area contributed by atoms with Crippen LogP contribution in [-0.4, -0.2) is 16.1 Å². The second-order valence-electron chi connectivity index (χ2n) is 5.21. The molecular formula is C18H14Cl2N4O. The fraction of sp³-hybridized carbons (Fsp3) is 0.0556. The van der Waals surface area contributed by atoms with E-state index in [4.69, 9.17) is 23.2 Å². The quantitative estimate of drug-likeness (QED) is 0.683. The minimum Gasteiger partial charge on any atom is -0.364 e. The summed E-state index contributed by atoms with van der Waals surface area (Å²) in [5, 5.41) is 15.1. The van der Waals surface area contributed by atoms with Gasteiger partial charge >= 0.3 is 0 Å².